The molecular weight excluding hydrogens is 202 g/mol. The molecule has 1 amide bonds. The van der Waals surface area contributed by atoms with Crippen LogP contribution in [0, 0.1) is 0 Å². The van der Waals surface area contributed by atoms with Crippen molar-refractivity contribution in [2.24, 2.45) is 0 Å². The smallest absolute Gasteiger partial charge is 0.238 e. The van der Waals surface area contributed by atoms with Crippen molar-refractivity contribution in [1.29, 1.82) is 0 Å². The van der Waals surface area contributed by atoms with Gasteiger partial charge in [0.25, 0.3) is 0 Å². The first-order valence-electron chi connectivity index (χ1n) is 6.52. The van der Waals surface area contributed by atoms with Gasteiger partial charge in [0.15, 0.2) is 0 Å². The van der Waals surface area contributed by atoms with Gasteiger partial charge in [-0.25, -0.2) is 0 Å². The number of carbonyl (C=O) groups excluding carboxylic acids is 1. The number of rotatable bonds is 6. The second-order valence-corrected chi connectivity index (χ2v) is 4.36. The Balaban J connectivity index is 2.40. The first-order valence-corrected chi connectivity index (χ1v) is 6.52. The molecule has 1 rings (SSSR count). The van der Waals surface area contributed by atoms with E-state index in [0.29, 0.717) is 0 Å². The second-order valence-electron chi connectivity index (χ2n) is 4.36. The molecule has 16 heavy (non-hydrogen) atoms. The molecule has 0 aliphatic carbocycles. The third-order valence-corrected chi connectivity index (χ3v) is 3.06. The van der Waals surface area contributed by atoms with Crippen molar-refractivity contribution in [3.63, 3.8) is 0 Å². The summed E-state index contributed by atoms with van der Waals surface area (Å²) in [5.74, 6) is 0.172. The van der Waals surface area contributed by atoms with Crippen molar-refractivity contribution in [3.05, 3.63) is 0 Å². The van der Waals surface area contributed by atoms with Gasteiger partial charge >= 0.3 is 0 Å². The highest BCUT2D eigenvalue weighted by Gasteiger charge is 2.27. The number of carbonyl (C=O) groups is 1. The minimum absolute atomic E-state index is 0.0329. The Morgan fingerprint density at radius 2 is 2.25 bits per heavy atom. The topological polar surface area (TPSA) is 44.4 Å². The largest absolute Gasteiger partial charge is 0.355 e. The lowest BCUT2D eigenvalue weighted by Gasteiger charge is -2.35. The lowest BCUT2D eigenvalue weighted by molar-refractivity contribution is -0.127. The third-order valence-electron chi connectivity index (χ3n) is 3.06. The molecule has 1 atom stereocenters. The maximum atomic E-state index is 11.8. The Morgan fingerprint density at radius 3 is 2.94 bits per heavy atom. The van der Waals surface area contributed by atoms with Gasteiger partial charge in [-0.05, 0) is 19.9 Å². The molecule has 4 heteroatoms. The Labute approximate surface area is 98.8 Å². The summed E-state index contributed by atoms with van der Waals surface area (Å²) in [6, 6.07) is 0.0329. The Bertz CT molecular complexity index is 208. The average molecular weight is 227 g/mol. The summed E-state index contributed by atoms with van der Waals surface area (Å²) in [5.41, 5.74) is 0. The average Bonchev–Trinajstić information content (AvgIpc) is 2.30. The van der Waals surface area contributed by atoms with Crippen molar-refractivity contribution >= 4 is 5.91 Å². The molecule has 1 aliphatic heterocycles. The van der Waals surface area contributed by atoms with Gasteiger partial charge < -0.3 is 10.6 Å². The van der Waals surface area contributed by atoms with Gasteiger partial charge in [0.2, 0.25) is 5.91 Å². The van der Waals surface area contributed by atoms with E-state index in [-0.39, 0.29) is 11.9 Å². The summed E-state index contributed by atoms with van der Waals surface area (Å²) in [5, 5.41) is 6.21. The fraction of sp³-hybridized carbons (Fsp3) is 0.917. The zero-order valence-corrected chi connectivity index (χ0v) is 10.6. The third kappa shape index (κ3) is 4.10. The molecule has 0 aromatic rings. The maximum Gasteiger partial charge on any atom is 0.238 e. The number of likely N-dealkylation sites (N-methyl/N-ethyl adjacent to an activating group) is 1. The van der Waals surface area contributed by atoms with Crippen LogP contribution in [0.2, 0.25) is 0 Å². The van der Waals surface area contributed by atoms with Crippen LogP contribution in [0.15, 0.2) is 0 Å². The standard InChI is InChI=1S/C12H25N3O/c1-3-5-6-8-15-9-7-13-10-11(15)12(16)14-4-2/h11,13H,3-10H2,1-2H3,(H,14,16). The van der Waals surface area contributed by atoms with E-state index in [4.69, 9.17) is 0 Å². The molecule has 1 aliphatic rings. The predicted octanol–water partition coefficient (Wildman–Crippen LogP) is 0.587. The molecular formula is C12H25N3O. The predicted molar refractivity (Wildman–Crippen MR) is 66.4 cm³/mol. The highest BCUT2D eigenvalue weighted by atomic mass is 16.2. The van der Waals surface area contributed by atoms with Crippen molar-refractivity contribution in [2.75, 3.05) is 32.7 Å². The van der Waals surface area contributed by atoms with E-state index in [1.54, 1.807) is 0 Å². The Morgan fingerprint density at radius 1 is 1.44 bits per heavy atom. The first-order chi connectivity index (χ1) is 7.79. The van der Waals surface area contributed by atoms with Crippen LogP contribution in [-0.2, 0) is 4.79 Å². The van der Waals surface area contributed by atoms with E-state index in [9.17, 15) is 4.79 Å². The molecule has 4 nitrogen and oxygen atoms in total. The van der Waals surface area contributed by atoms with E-state index in [1.165, 1.54) is 19.3 Å². The molecule has 1 heterocycles. The van der Waals surface area contributed by atoms with Crippen molar-refractivity contribution in [3.8, 4) is 0 Å². The summed E-state index contributed by atoms with van der Waals surface area (Å²) >= 11 is 0. The molecule has 0 aromatic heterocycles. The van der Waals surface area contributed by atoms with E-state index in [1.807, 2.05) is 6.92 Å². The van der Waals surface area contributed by atoms with Gasteiger partial charge in [0, 0.05) is 26.2 Å². The molecule has 1 saturated heterocycles. The van der Waals surface area contributed by atoms with Crippen molar-refractivity contribution in [2.45, 2.75) is 39.2 Å². The minimum atomic E-state index is 0.0329. The van der Waals surface area contributed by atoms with Gasteiger partial charge in [-0.1, -0.05) is 19.8 Å². The van der Waals surface area contributed by atoms with Crippen molar-refractivity contribution < 1.29 is 4.79 Å². The zero-order chi connectivity index (χ0) is 11.8. The highest BCUT2D eigenvalue weighted by molar-refractivity contribution is 5.82. The van der Waals surface area contributed by atoms with Gasteiger partial charge in [0.05, 0.1) is 0 Å². The van der Waals surface area contributed by atoms with Crippen LogP contribution in [0.5, 0.6) is 0 Å². The molecule has 1 fully saturated rings. The fourth-order valence-corrected chi connectivity index (χ4v) is 2.13. The first kappa shape index (κ1) is 13.5. The van der Waals surface area contributed by atoms with Gasteiger partial charge in [0.1, 0.15) is 6.04 Å². The number of unbranched alkanes of at least 4 members (excludes halogenated alkanes) is 2. The molecule has 0 spiro atoms. The molecule has 2 N–H and O–H groups in total. The molecule has 0 saturated carbocycles. The van der Waals surface area contributed by atoms with Crippen molar-refractivity contribution in [1.82, 2.24) is 15.5 Å². The van der Waals surface area contributed by atoms with E-state index in [0.717, 1.165) is 32.7 Å². The van der Waals surface area contributed by atoms with Gasteiger partial charge in [-0.15, -0.1) is 0 Å². The fourth-order valence-electron chi connectivity index (χ4n) is 2.13. The Kier molecular flexibility index (Phi) is 6.42. The maximum absolute atomic E-state index is 11.8. The van der Waals surface area contributed by atoms with E-state index in [2.05, 4.69) is 22.5 Å². The van der Waals surface area contributed by atoms with Crippen LogP contribution in [-0.4, -0.2) is 49.6 Å². The number of nitrogens with one attached hydrogen (secondary N) is 2. The molecule has 0 aromatic carbocycles. The van der Waals surface area contributed by atoms with Crippen LogP contribution < -0.4 is 10.6 Å². The SMILES string of the molecule is CCCCCN1CCNCC1C(=O)NCC. The van der Waals surface area contributed by atoms with E-state index < -0.39 is 0 Å². The van der Waals surface area contributed by atoms with Crippen LogP contribution >= 0.6 is 0 Å². The monoisotopic (exact) mass is 227 g/mol. The lowest BCUT2D eigenvalue weighted by Crippen LogP contribution is -2.57. The quantitative estimate of drug-likeness (QED) is 0.653. The van der Waals surface area contributed by atoms with Crippen LogP contribution in [0.25, 0.3) is 0 Å². The van der Waals surface area contributed by atoms with Crippen LogP contribution in [0.3, 0.4) is 0 Å². The minimum Gasteiger partial charge on any atom is -0.355 e. The second kappa shape index (κ2) is 7.63. The Hall–Kier alpha value is -0.610. The summed E-state index contributed by atoms with van der Waals surface area (Å²) in [4.78, 5) is 14.2. The van der Waals surface area contributed by atoms with Gasteiger partial charge in [-0.3, -0.25) is 9.69 Å². The summed E-state index contributed by atoms with van der Waals surface area (Å²) in [6.07, 6.45) is 3.69. The summed E-state index contributed by atoms with van der Waals surface area (Å²) < 4.78 is 0. The zero-order valence-electron chi connectivity index (χ0n) is 10.6. The summed E-state index contributed by atoms with van der Waals surface area (Å²) in [6.45, 7) is 8.73. The molecule has 1 unspecified atom stereocenters. The normalized spacial score (nSPS) is 22.0. The van der Waals surface area contributed by atoms with Crippen LogP contribution in [0.1, 0.15) is 33.1 Å². The molecule has 0 bridgehead atoms. The van der Waals surface area contributed by atoms with Gasteiger partial charge in [-0.2, -0.15) is 0 Å². The van der Waals surface area contributed by atoms with Crippen LogP contribution in [0.4, 0.5) is 0 Å². The number of nitrogens with zero attached hydrogens (tertiary/aromatic N) is 1. The molecule has 94 valence electrons. The number of piperazine rings is 1. The van der Waals surface area contributed by atoms with E-state index >= 15 is 0 Å². The number of hydrogen-bond acceptors (Lipinski definition) is 3. The summed E-state index contributed by atoms with van der Waals surface area (Å²) in [7, 11) is 0. The number of hydrogen-bond donors (Lipinski definition) is 2. The lowest BCUT2D eigenvalue weighted by atomic mass is 10.1. The highest BCUT2D eigenvalue weighted by Crippen LogP contribution is 2.06. The number of amides is 1. The molecule has 0 radical (unpaired) electrons.